The molecule has 0 unspecified atom stereocenters. The van der Waals surface area contributed by atoms with Gasteiger partial charge in [-0.25, -0.2) is 0 Å². The minimum Gasteiger partial charge on any atom is -0.490 e. The van der Waals surface area contributed by atoms with E-state index in [9.17, 15) is 0 Å². The summed E-state index contributed by atoms with van der Waals surface area (Å²) in [4.78, 5) is 4.78. The first-order valence-electron chi connectivity index (χ1n) is 8.23. The predicted molar refractivity (Wildman–Crippen MR) is 122 cm³/mol. The molecule has 1 rings (SSSR count). The molecule has 0 atom stereocenters. The molecule has 0 aromatic heterocycles. The van der Waals surface area contributed by atoms with Crippen LogP contribution in [0.1, 0.15) is 12.8 Å². The fourth-order valence-electron chi connectivity index (χ4n) is 1.77. The number of hydrogen-bond acceptors (Lipinski definition) is 5. The van der Waals surface area contributed by atoms with Gasteiger partial charge in [0.15, 0.2) is 12.4 Å². The Morgan fingerprint density at radius 1 is 0.966 bits per heavy atom. The molecule has 29 heavy (non-hydrogen) atoms. The van der Waals surface area contributed by atoms with Crippen LogP contribution in [0.4, 0.5) is 0 Å². The first kappa shape index (κ1) is 27.1. The molecular weight excluding hydrogens is 530 g/mol. The van der Waals surface area contributed by atoms with E-state index in [4.69, 9.17) is 100 Å². The molecule has 1 aromatic carbocycles. The molecule has 0 saturated carbocycles. The van der Waals surface area contributed by atoms with Gasteiger partial charge in [0.05, 0.1) is 29.5 Å². The Bertz CT molecular complexity index is 653. The number of unbranched alkanes of at least 4 members (excludes halogenated alkanes) is 1. The quantitative estimate of drug-likeness (QED) is 0.113. The van der Waals surface area contributed by atoms with Crippen molar-refractivity contribution in [2.24, 2.45) is 5.16 Å². The zero-order valence-corrected chi connectivity index (χ0v) is 20.3. The number of halogens is 7. The van der Waals surface area contributed by atoms with E-state index in [0.29, 0.717) is 34.8 Å². The van der Waals surface area contributed by atoms with Gasteiger partial charge in [0.1, 0.15) is 16.8 Å². The summed E-state index contributed by atoms with van der Waals surface area (Å²) in [6.07, 6.45) is 4.45. The fraction of sp³-hybridized carbons (Fsp3) is 0.471. The summed E-state index contributed by atoms with van der Waals surface area (Å²) in [5.41, 5.74) is 0. The first-order valence-corrected chi connectivity index (χ1v) is 10.9. The average Bonchev–Trinajstić information content (AvgIpc) is 2.60. The molecule has 164 valence electrons. The molecule has 1 aromatic rings. The lowest BCUT2D eigenvalue weighted by molar-refractivity contribution is 0.138. The lowest BCUT2D eigenvalue weighted by atomic mass is 10.3. The van der Waals surface area contributed by atoms with Crippen molar-refractivity contribution in [3.63, 3.8) is 0 Å². The first-order chi connectivity index (χ1) is 13.7. The highest BCUT2D eigenvalue weighted by atomic mass is 35.6. The SMILES string of the molecule is ClC(Cl)=CCOc1cc(Cl)c(OCCCCOCC=NOCC(Cl)(Cl)Cl)c(Cl)c1. The summed E-state index contributed by atoms with van der Waals surface area (Å²) in [5, 5.41) is 4.29. The van der Waals surface area contributed by atoms with Crippen LogP contribution in [0.25, 0.3) is 0 Å². The Hall–Kier alpha value is 0.0200. The zero-order chi connectivity index (χ0) is 21.7. The third-order valence-electron chi connectivity index (χ3n) is 2.96. The van der Waals surface area contributed by atoms with Crippen molar-refractivity contribution in [1.29, 1.82) is 0 Å². The van der Waals surface area contributed by atoms with Gasteiger partial charge in [-0.05, 0) is 18.9 Å². The number of hydrogen-bond donors (Lipinski definition) is 0. The maximum Gasteiger partial charge on any atom is 0.226 e. The fourth-order valence-corrected chi connectivity index (χ4v) is 2.62. The Kier molecular flexibility index (Phi) is 13.9. The number of nitrogens with zero attached hydrogens (tertiary/aromatic N) is 1. The van der Waals surface area contributed by atoms with Gasteiger partial charge >= 0.3 is 0 Å². The van der Waals surface area contributed by atoms with Crippen LogP contribution in [0.15, 0.2) is 27.9 Å². The number of alkyl halides is 3. The van der Waals surface area contributed by atoms with E-state index in [1.807, 2.05) is 0 Å². The normalized spacial score (nSPS) is 11.6. The highest BCUT2D eigenvalue weighted by Gasteiger charge is 2.20. The second kappa shape index (κ2) is 14.9. The van der Waals surface area contributed by atoms with E-state index < -0.39 is 3.79 Å². The molecule has 0 aliphatic rings. The van der Waals surface area contributed by atoms with Crippen LogP contribution in [0, 0.1) is 0 Å². The highest BCUT2D eigenvalue weighted by molar-refractivity contribution is 6.67. The van der Waals surface area contributed by atoms with E-state index >= 15 is 0 Å². The topological polar surface area (TPSA) is 49.3 Å². The van der Waals surface area contributed by atoms with Gasteiger partial charge < -0.3 is 19.0 Å². The van der Waals surface area contributed by atoms with Crippen LogP contribution in [0.2, 0.25) is 10.0 Å². The minimum absolute atomic E-state index is 0.117. The molecule has 0 spiro atoms. The highest BCUT2D eigenvalue weighted by Crippen LogP contribution is 2.37. The third kappa shape index (κ3) is 13.8. The van der Waals surface area contributed by atoms with Crippen molar-refractivity contribution in [2.45, 2.75) is 16.6 Å². The lowest BCUT2D eigenvalue weighted by Gasteiger charge is -2.12. The molecule has 0 aliphatic heterocycles. The minimum atomic E-state index is -1.49. The van der Waals surface area contributed by atoms with Gasteiger partial charge in [-0.15, -0.1) is 0 Å². The zero-order valence-electron chi connectivity index (χ0n) is 15.0. The number of ether oxygens (including phenoxy) is 3. The smallest absolute Gasteiger partial charge is 0.226 e. The maximum absolute atomic E-state index is 6.19. The van der Waals surface area contributed by atoms with Crippen LogP contribution >= 0.6 is 81.2 Å². The van der Waals surface area contributed by atoms with Gasteiger partial charge in [0.25, 0.3) is 0 Å². The standard InChI is InChI=1S/C17H18Cl7NO4/c18-13-9-12(27-7-3-15(20)21)10-14(19)16(13)28-6-2-1-5-26-8-4-25-29-11-17(22,23)24/h3-4,9-10H,1-2,5-8,11H2. The maximum atomic E-state index is 6.19. The van der Waals surface area contributed by atoms with Crippen molar-refractivity contribution in [2.75, 3.05) is 33.0 Å². The molecule has 0 saturated heterocycles. The van der Waals surface area contributed by atoms with E-state index in [1.165, 1.54) is 12.3 Å². The summed E-state index contributed by atoms with van der Waals surface area (Å²) < 4.78 is 15.1. The average molecular weight is 549 g/mol. The molecule has 0 fully saturated rings. The Morgan fingerprint density at radius 2 is 1.62 bits per heavy atom. The summed E-state index contributed by atoms with van der Waals surface area (Å²) >= 11 is 39.9. The summed E-state index contributed by atoms with van der Waals surface area (Å²) in [6, 6.07) is 3.21. The van der Waals surface area contributed by atoms with Crippen LogP contribution < -0.4 is 9.47 Å². The van der Waals surface area contributed by atoms with Gasteiger partial charge in [-0.1, -0.05) is 86.4 Å². The summed E-state index contributed by atoms with van der Waals surface area (Å²) in [7, 11) is 0. The lowest BCUT2D eigenvalue weighted by Crippen LogP contribution is -2.10. The van der Waals surface area contributed by atoms with Gasteiger partial charge in [-0.2, -0.15) is 0 Å². The van der Waals surface area contributed by atoms with E-state index in [2.05, 4.69) is 5.16 Å². The third-order valence-corrected chi connectivity index (χ3v) is 4.16. The second-order valence-electron chi connectivity index (χ2n) is 5.33. The van der Waals surface area contributed by atoms with E-state index in [-0.39, 0.29) is 24.3 Å². The number of benzene rings is 1. The van der Waals surface area contributed by atoms with Crippen molar-refractivity contribution < 1.29 is 19.0 Å². The van der Waals surface area contributed by atoms with Crippen molar-refractivity contribution >= 4 is 87.4 Å². The van der Waals surface area contributed by atoms with Crippen molar-refractivity contribution in [1.82, 2.24) is 0 Å². The van der Waals surface area contributed by atoms with Crippen LogP contribution in [-0.2, 0) is 9.57 Å². The van der Waals surface area contributed by atoms with Gasteiger partial charge in [-0.3, -0.25) is 0 Å². The molecule has 12 heteroatoms. The van der Waals surface area contributed by atoms with Crippen LogP contribution in [0.3, 0.4) is 0 Å². The van der Waals surface area contributed by atoms with Crippen LogP contribution in [0.5, 0.6) is 11.5 Å². The van der Waals surface area contributed by atoms with E-state index in [0.717, 1.165) is 12.8 Å². The van der Waals surface area contributed by atoms with Gasteiger partial charge in [0.2, 0.25) is 3.79 Å². The predicted octanol–water partition coefficient (Wildman–Crippen LogP) is 7.24. The molecule has 5 nitrogen and oxygen atoms in total. The van der Waals surface area contributed by atoms with Crippen molar-refractivity contribution in [3.05, 3.63) is 32.7 Å². The summed E-state index contributed by atoms with van der Waals surface area (Å²) in [5.74, 6) is 0.872. The largest absolute Gasteiger partial charge is 0.490 e. The van der Waals surface area contributed by atoms with Gasteiger partial charge in [0, 0.05) is 18.7 Å². The molecule has 0 N–H and O–H groups in total. The van der Waals surface area contributed by atoms with Crippen LogP contribution in [-0.4, -0.2) is 43.0 Å². The molecular formula is C17H18Cl7NO4. The van der Waals surface area contributed by atoms with Crippen molar-refractivity contribution in [3.8, 4) is 11.5 Å². The number of rotatable bonds is 13. The molecule has 0 aliphatic carbocycles. The van der Waals surface area contributed by atoms with E-state index in [1.54, 1.807) is 12.1 Å². The Morgan fingerprint density at radius 3 is 2.24 bits per heavy atom. The molecule has 0 heterocycles. The molecule has 0 bridgehead atoms. The Labute approximate surface area is 204 Å². The second-order valence-corrected chi connectivity index (χ2v) is 9.67. The monoisotopic (exact) mass is 545 g/mol. The molecule has 0 radical (unpaired) electrons. The Balaban J connectivity index is 2.21. The number of oxime groups is 1. The molecule has 0 amide bonds. The summed E-state index contributed by atoms with van der Waals surface area (Å²) in [6.45, 7) is 1.28.